The number of benzene rings is 2. The van der Waals surface area contributed by atoms with Crippen LogP contribution in [0.15, 0.2) is 57.0 Å². The third-order valence-corrected chi connectivity index (χ3v) is 6.09. The summed E-state index contributed by atoms with van der Waals surface area (Å²) in [4.78, 5) is 42.3. The van der Waals surface area contributed by atoms with Gasteiger partial charge in [-0.1, -0.05) is 47.7 Å². The Morgan fingerprint density at radius 2 is 1.64 bits per heavy atom. The van der Waals surface area contributed by atoms with E-state index >= 15 is 0 Å². The van der Waals surface area contributed by atoms with E-state index in [0.29, 0.717) is 5.69 Å². The molecule has 0 unspecified atom stereocenters. The zero-order chi connectivity index (χ0) is 24.3. The molecule has 3 aromatic rings. The molecular weight excluding hydrogens is 440 g/mol. The molecule has 8 nitrogen and oxygen atoms in total. The molecule has 0 aliphatic carbocycles. The zero-order valence-corrected chi connectivity index (χ0v) is 20.0. The quantitative estimate of drug-likeness (QED) is 0.444. The lowest BCUT2D eigenvalue weighted by Crippen LogP contribution is -2.39. The molecule has 0 radical (unpaired) electrons. The fourth-order valence-electron chi connectivity index (χ4n) is 3.49. The maximum absolute atomic E-state index is 12.8. The van der Waals surface area contributed by atoms with Crippen molar-refractivity contribution in [3.63, 3.8) is 0 Å². The van der Waals surface area contributed by atoms with Gasteiger partial charge >= 0.3 is 5.69 Å². The number of aliphatic imine (C=N–C) groups is 1. The van der Waals surface area contributed by atoms with E-state index in [0.717, 1.165) is 43.3 Å². The molecule has 0 atom stereocenters. The average Bonchev–Trinajstić information content (AvgIpc) is 2.77. The number of para-hydroxylation sites is 1. The highest BCUT2D eigenvalue weighted by atomic mass is 32.2. The van der Waals surface area contributed by atoms with Crippen molar-refractivity contribution in [2.45, 2.75) is 20.8 Å². The Morgan fingerprint density at radius 3 is 2.24 bits per heavy atom. The van der Waals surface area contributed by atoms with E-state index < -0.39 is 17.1 Å². The number of thioether (sulfide) groups is 1. The molecule has 0 spiro atoms. The van der Waals surface area contributed by atoms with Crippen LogP contribution >= 0.6 is 11.8 Å². The lowest BCUT2D eigenvalue weighted by atomic mass is 10.1. The highest BCUT2D eigenvalue weighted by Crippen LogP contribution is 2.25. The molecule has 0 aliphatic rings. The number of nitrogens with zero attached hydrogens (tertiary/aromatic N) is 3. The van der Waals surface area contributed by atoms with E-state index in [-0.39, 0.29) is 22.3 Å². The van der Waals surface area contributed by atoms with Gasteiger partial charge in [0, 0.05) is 19.8 Å². The third-order valence-electron chi connectivity index (χ3n) is 5.12. The minimum Gasteiger partial charge on any atom is -0.494 e. The van der Waals surface area contributed by atoms with E-state index in [1.54, 1.807) is 24.3 Å². The van der Waals surface area contributed by atoms with Crippen LogP contribution in [0, 0.1) is 20.8 Å². The summed E-state index contributed by atoms with van der Waals surface area (Å²) in [5.41, 5.74) is 2.81. The number of aromatic nitrogens is 2. The number of hydrogen-bond donors (Lipinski definition) is 2. The molecular formula is C24H26N4O4S. The van der Waals surface area contributed by atoms with Crippen molar-refractivity contribution in [1.29, 1.82) is 0 Å². The van der Waals surface area contributed by atoms with Gasteiger partial charge in [0.2, 0.25) is 11.8 Å². The van der Waals surface area contributed by atoms with E-state index in [4.69, 9.17) is 0 Å². The van der Waals surface area contributed by atoms with Gasteiger partial charge in [-0.3, -0.25) is 18.7 Å². The van der Waals surface area contributed by atoms with Crippen LogP contribution in [0.3, 0.4) is 0 Å². The van der Waals surface area contributed by atoms with Gasteiger partial charge in [0.15, 0.2) is 0 Å². The Labute approximate surface area is 195 Å². The van der Waals surface area contributed by atoms with Crippen LogP contribution in [0.2, 0.25) is 0 Å². The van der Waals surface area contributed by atoms with E-state index in [2.05, 4.69) is 10.3 Å². The van der Waals surface area contributed by atoms with Gasteiger partial charge in [-0.2, -0.15) is 0 Å². The van der Waals surface area contributed by atoms with Crippen molar-refractivity contribution in [2.75, 3.05) is 11.1 Å². The SMILES string of the molecule is Cc1cc(C)c(NC(=O)CSC(=Nc2ccccc2)c2c(O)n(C)c(=O)n(C)c2=O)c(C)c1. The topological polar surface area (TPSA) is 106 Å². The van der Waals surface area contributed by atoms with Crippen LogP contribution in [0.4, 0.5) is 11.4 Å². The molecule has 33 heavy (non-hydrogen) atoms. The summed E-state index contributed by atoms with van der Waals surface area (Å²) in [6.45, 7) is 5.85. The first-order chi connectivity index (χ1) is 15.6. The van der Waals surface area contributed by atoms with Crippen molar-refractivity contribution in [1.82, 2.24) is 9.13 Å². The molecule has 1 amide bonds. The van der Waals surface area contributed by atoms with Crippen LogP contribution in [0.25, 0.3) is 0 Å². The number of hydrogen-bond acceptors (Lipinski definition) is 6. The standard InChI is InChI=1S/C24H26N4O4S/c1-14-11-15(2)20(16(3)12-14)26-18(29)13-33-21(25-17-9-7-6-8-10-17)19-22(30)27(4)24(32)28(5)23(19)31/h6-12,30H,13H2,1-5H3,(H,26,29). The number of amides is 1. The minimum atomic E-state index is -0.691. The predicted molar refractivity (Wildman–Crippen MR) is 133 cm³/mol. The maximum atomic E-state index is 12.8. The highest BCUT2D eigenvalue weighted by molar-refractivity contribution is 8.15. The maximum Gasteiger partial charge on any atom is 0.333 e. The van der Waals surface area contributed by atoms with Crippen molar-refractivity contribution in [3.8, 4) is 5.88 Å². The Bertz CT molecular complexity index is 1330. The molecule has 2 aromatic carbocycles. The van der Waals surface area contributed by atoms with E-state index in [9.17, 15) is 19.5 Å². The summed E-state index contributed by atoms with van der Waals surface area (Å²) in [6, 6.07) is 12.9. The Morgan fingerprint density at radius 1 is 1.03 bits per heavy atom. The van der Waals surface area contributed by atoms with Gasteiger partial charge in [-0.05, 0) is 44.0 Å². The van der Waals surface area contributed by atoms with Crippen LogP contribution in [-0.2, 0) is 18.9 Å². The van der Waals surface area contributed by atoms with E-state index in [1.807, 2.05) is 39.0 Å². The first-order valence-electron chi connectivity index (χ1n) is 10.2. The van der Waals surface area contributed by atoms with Gasteiger partial charge in [0.1, 0.15) is 10.6 Å². The zero-order valence-electron chi connectivity index (χ0n) is 19.2. The number of aryl methyl sites for hydroxylation is 3. The Hall–Kier alpha value is -3.59. The summed E-state index contributed by atoms with van der Waals surface area (Å²) >= 11 is 1.01. The van der Waals surface area contributed by atoms with Gasteiger partial charge in [-0.25, -0.2) is 9.79 Å². The summed E-state index contributed by atoms with van der Waals surface area (Å²) < 4.78 is 1.87. The minimum absolute atomic E-state index is 0.0517. The second-order valence-electron chi connectivity index (χ2n) is 7.77. The molecule has 0 aliphatic heterocycles. The van der Waals surface area contributed by atoms with Crippen LogP contribution in [0.5, 0.6) is 5.88 Å². The first-order valence-corrected chi connectivity index (χ1v) is 11.2. The molecule has 0 bridgehead atoms. The second-order valence-corrected chi connectivity index (χ2v) is 8.73. The smallest absolute Gasteiger partial charge is 0.333 e. The molecule has 1 heterocycles. The molecule has 172 valence electrons. The molecule has 0 fully saturated rings. The number of rotatable bonds is 5. The molecule has 3 rings (SSSR count). The monoisotopic (exact) mass is 466 g/mol. The van der Waals surface area contributed by atoms with Gasteiger partial charge < -0.3 is 10.4 Å². The normalized spacial score (nSPS) is 11.5. The van der Waals surface area contributed by atoms with Crippen LogP contribution in [0.1, 0.15) is 22.3 Å². The predicted octanol–water partition coefficient (Wildman–Crippen LogP) is 3.17. The van der Waals surface area contributed by atoms with Crippen molar-refractivity contribution < 1.29 is 9.90 Å². The molecule has 0 saturated heterocycles. The third kappa shape index (κ3) is 5.25. The van der Waals surface area contributed by atoms with Crippen molar-refractivity contribution >= 4 is 34.1 Å². The van der Waals surface area contributed by atoms with Crippen molar-refractivity contribution in [2.24, 2.45) is 19.1 Å². The molecule has 0 saturated carbocycles. The lowest BCUT2D eigenvalue weighted by Gasteiger charge is -2.14. The number of aromatic hydroxyl groups is 1. The van der Waals surface area contributed by atoms with E-state index in [1.165, 1.54) is 14.1 Å². The fraction of sp³-hybridized carbons (Fsp3) is 0.250. The average molecular weight is 467 g/mol. The van der Waals surface area contributed by atoms with Gasteiger partial charge in [-0.15, -0.1) is 0 Å². The Balaban J connectivity index is 1.97. The number of carbonyl (C=O) groups is 1. The first kappa shape index (κ1) is 24.1. The lowest BCUT2D eigenvalue weighted by molar-refractivity contribution is -0.113. The second kappa shape index (κ2) is 9.91. The fourth-order valence-corrected chi connectivity index (χ4v) is 4.32. The van der Waals surface area contributed by atoms with Crippen molar-refractivity contribution in [3.05, 3.63) is 85.6 Å². The largest absolute Gasteiger partial charge is 0.494 e. The summed E-state index contributed by atoms with van der Waals surface area (Å²) in [5.74, 6) is -0.836. The summed E-state index contributed by atoms with van der Waals surface area (Å²) in [7, 11) is 2.69. The van der Waals surface area contributed by atoms with Gasteiger partial charge in [0.25, 0.3) is 5.56 Å². The summed E-state index contributed by atoms with van der Waals surface area (Å²) in [6.07, 6.45) is 0. The molecule has 9 heteroatoms. The summed E-state index contributed by atoms with van der Waals surface area (Å²) in [5, 5.41) is 13.6. The van der Waals surface area contributed by atoms with Crippen LogP contribution in [-0.4, -0.2) is 30.9 Å². The van der Waals surface area contributed by atoms with Gasteiger partial charge in [0.05, 0.1) is 11.4 Å². The number of nitrogens with one attached hydrogen (secondary N) is 1. The highest BCUT2D eigenvalue weighted by Gasteiger charge is 2.22. The number of carbonyl (C=O) groups excluding carboxylic acids is 1. The molecule has 2 N–H and O–H groups in total. The number of anilines is 1. The van der Waals surface area contributed by atoms with Crippen LogP contribution < -0.4 is 16.6 Å². The Kier molecular flexibility index (Phi) is 7.23. The molecule has 1 aromatic heterocycles.